The van der Waals surface area contributed by atoms with Gasteiger partial charge in [0.15, 0.2) is 0 Å². The Morgan fingerprint density at radius 3 is 1.94 bits per heavy atom. The van der Waals surface area contributed by atoms with E-state index in [9.17, 15) is 5.11 Å². The van der Waals surface area contributed by atoms with E-state index in [1.165, 1.54) is 0 Å². The van der Waals surface area contributed by atoms with Crippen LogP contribution in [0.15, 0.2) is 54.8 Å². The standard InChI is InChI=1S/C16H13NO/c1-11(10-18)16-12-6-2-4-8-14(12)17-15-9-5-3-7-13(15)16/h2-10,18H,1H3. The number of rotatable bonds is 1. The Balaban J connectivity index is 2.58. The van der Waals surface area contributed by atoms with Gasteiger partial charge < -0.3 is 5.11 Å². The molecule has 2 heteroatoms. The highest BCUT2D eigenvalue weighted by Crippen LogP contribution is 2.30. The van der Waals surface area contributed by atoms with Gasteiger partial charge in [-0.3, -0.25) is 0 Å². The van der Waals surface area contributed by atoms with Crippen LogP contribution < -0.4 is 0 Å². The molecule has 0 amide bonds. The lowest BCUT2D eigenvalue weighted by Crippen LogP contribution is -1.90. The summed E-state index contributed by atoms with van der Waals surface area (Å²) in [6.45, 7) is 1.91. The molecule has 2 aromatic carbocycles. The summed E-state index contributed by atoms with van der Waals surface area (Å²) in [4.78, 5) is 4.65. The summed E-state index contributed by atoms with van der Waals surface area (Å²) in [7, 11) is 0. The van der Waals surface area contributed by atoms with E-state index < -0.39 is 0 Å². The van der Waals surface area contributed by atoms with E-state index >= 15 is 0 Å². The van der Waals surface area contributed by atoms with Crippen molar-refractivity contribution in [2.75, 3.05) is 0 Å². The number of aliphatic hydroxyl groups excluding tert-OH is 1. The number of hydrogen-bond donors (Lipinski definition) is 1. The number of hydrogen-bond acceptors (Lipinski definition) is 2. The Morgan fingerprint density at radius 1 is 0.944 bits per heavy atom. The Hall–Kier alpha value is -2.35. The molecular weight excluding hydrogens is 222 g/mol. The molecule has 0 aliphatic rings. The first-order chi connectivity index (χ1) is 8.81. The first-order valence-electron chi connectivity index (χ1n) is 5.90. The summed E-state index contributed by atoms with van der Waals surface area (Å²) >= 11 is 0. The molecule has 0 atom stereocenters. The van der Waals surface area contributed by atoms with Crippen molar-refractivity contribution in [3.8, 4) is 0 Å². The smallest absolute Gasteiger partial charge is 0.0827 e. The number of allylic oxidation sites excluding steroid dienone is 1. The molecule has 0 aliphatic carbocycles. The van der Waals surface area contributed by atoms with Crippen LogP contribution in [0.25, 0.3) is 27.4 Å². The van der Waals surface area contributed by atoms with Crippen LogP contribution in [0, 0.1) is 0 Å². The second-order valence-electron chi connectivity index (χ2n) is 4.33. The van der Waals surface area contributed by atoms with Crippen LogP contribution in [0.4, 0.5) is 0 Å². The van der Waals surface area contributed by atoms with Crippen molar-refractivity contribution in [1.29, 1.82) is 0 Å². The minimum absolute atomic E-state index is 0.852. The minimum atomic E-state index is 0.852. The quantitative estimate of drug-likeness (QED) is 0.503. The zero-order valence-electron chi connectivity index (χ0n) is 10.1. The lowest BCUT2D eigenvalue weighted by atomic mass is 9.98. The highest BCUT2D eigenvalue weighted by atomic mass is 16.2. The lowest BCUT2D eigenvalue weighted by Gasteiger charge is -2.10. The van der Waals surface area contributed by atoms with Gasteiger partial charge in [-0.2, -0.15) is 0 Å². The van der Waals surface area contributed by atoms with Crippen molar-refractivity contribution in [2.24, 2.45) is 0 Å². The van der Waals surface area contributed by atoms with E-state index in [2.05, 4.69) is 4.98 Å². The fourth-order valence-electron chi connectivity index (χ4n) is 2.33. The summed E-state index contributed by atoms with van der Waals surface area (Å²) in [5, 5.41) is 11.5. The van der Waals surface area contributed by atoms with Crippen molar-refractivity contribution in [3.05, 3.63) is 60.4 Å². The molecular formula is C16H13NO. The van der Waals surface area contributed by atoms with Crippen molar-refractivity contribution in [2.45, 2.75) is 6.92 Å². The highest BCUT2D eigenvalue weighted by Gasteiger charge is 2.09. The maximum absolute atomic E-state index is 9.32. The average Bonchev–Trinajstić information content (AvgIpc) is 2.44. The maximum Gasteiger partial charge on any atom is 0.0827 e. The molecule has 0 spiro atoms. The van der Waals surface area contributed by atoms with Gasteiger partial charge in [0.25, 0.3) is 0 Å². The number of pyridine rings is 1. The van der Waals surface area contributed by atoms with Gasteiger partial charge in [0.05, 0.1) is 17.3 Å². The molecule has 3 aromatic rings. The second kappa shape index (κ2) is 4.15. The van der Waals surface area contributed by atoms with Crippen LogP contribution in [-0.4, -0.2) is 10.1 Å². The molecule has 0 unspecified atom stereocenters. The van der Waals surface area contributed by atoms with Crippen molar-refractivity contribution < 1.29 is 5.11 Å². The molecule has 2 nitrogen and oxygen atoms in total. The normalized spacial score (nSPS) is 12.2. The molecule has 0 aliphatic heterocycles. The van der Waals surface area contributed by atoms with Crippen LogP contribution in [0.3, 0.4) is 0 Å². The van der Waals surface area contributed by atoms with Crippen molar-refractivity contribution in [3.63, 3.8) is 0 Å². The first kappa shape index (κ1) is 10.8. The van der Waals surface area contributed by atoms with Crippen LogP contribution in [0.1, 0.15) is 12.5 Å². The van der Waals surface area contributed by atoms with Gasteiger partial charge in [0.2, 0.25) is 0 Å². The van der Waals surface area contributed by atoms with E-state index in [4.69, 9.17) is 0 Å². The Labute approximate surface area is 105 Å². The Kier molecular flexibility index (Phi) is 2.49. The summed E-state index contributed by atoms with van der Waals surface area (Å²) in [5.41, 5.74) is 3.81. The first-order valence-corrected chi connectivity index (χ1v) is 5.90. The van der Waals surface area contributed by atoms with Crippen LogP contribution in [0.5, 0.6) is 0 Å². The third-order valence-corrected chi connectivity index (χ3v) is 3.18. The summed E-state index contributed by atoms with van der Waals surface area (Å²) < 4.78 is 0. The van der Waals surface area contributed by atoms with Crippen LogP contribution in [-0.2, 0) is 0 Å². The summed E-state index contributed by atoms with van der Waals surface area (Å²) in [5.74, 6) is 0. The van der Waals surface area contributed by atoms with E-state index in [1.54, 1.807) is 0 Å². The average molecular weight is 235 g/mol. The minimum Gasteiger partial charge on any atom is -0.515 e. The van der Waals surface area contributed by atoms with Gasteiger partial charge in [-0.15, -0.1) is 0 Å². The molecule has 0 radical (unpaired) electrons. The number of aromatic nitrogens is 1. The largest absolute Gasteiger partial charge is 0.515 e. The molecule has 88 valence electrons. The fraction of sp³-hybridized carbons (Fsp3) is 0.0625. The number of para-hydroxylation sites is 2. The topological polar surface area (TPSA) is 33.1 Å². The van der Waals surface area contributed by atoms with Gasteiger partial charge in [-0.25, -0.2) is 4.98 Å². The molecule has 1 heterocycles. The van der Waals surface area contributed by atoms with E-state index in [-0.39, 0.29) is 0 Å². The highest BCUT2D eigenvalue weighted by molar-refractivity contribution is 6.05. The molecule has 0 saturated carbocycles. The summed E-state index contributed by atoms with van der Waals surface area (Å²) in [6.07, 6.45) is 1.16. The molecule has 0 bridgehead atoms. The van der Waals surface area contributed by atoms with Crippen LogP contribution in [0.2, 0.25) is 0 Å². The Morgan fingerprint density at radius 2 is 1.44 bits per heavy atom. The van der Waals surface area contributed by atoms with Crippen molar-refractivity contribution in [1.82, 2.24) is 4.98 Å². The van der Waals surface area contributed by atoms with Gasteiger partial charge in [-0.1, -0.05) is 36.4 Å². The molecule has 0 fully saturated rings. The summed E-state index contributed by atoms with van der Waals surface area (Å²) in [6, 6.07) is 16.0. The second-order valence-corrected chi connectivity index (χ2v) is 4.33. The third-order valence-electron chi connectivity index (χ3n) is 3.18. The number of benzene rings is 2. The molecule has 0 saturated heterocycles. The zero-order valence-corrected chi connectivity index (χ0v) is 10.1. The molecule has 18 heavy (non-hydrogen) atoms. The Bertz CT molecular complexity index is 705. The van der Waals surface area contributed by atoms with Gasteiger partial charge in [-0.05, 0) is 30.2 Å². The number of fused-ring (bicyclic) bond motifs is 2. The van der Waals surface area contributed by atoms with E-state index in [0.29, 0.717) is 0 Å². The van der Waals surface area contributed by atoms with Gasteiger partial charge >= 0.3 is 0 Å². The van der Waals surface area contributed by atoms with E-state index in [0.717, 1.165) is 39.2 Å². The predicted octanol–water partition coefficient (Wildman–Crippen LogP) is 4.31. The molecule has 1 N–H and O–H groups in total. The number of aliphatic hydroxyl groups is 1. The lowest BCUT2D eigenvalue weighted by molar-refractivity contribution is 0.475. The third kappa shape index (κ3) is 1.54. The molecule has 1 aromatic heterocycles. The van der Waals surface area contributed by atoms with Gasteiger partial charge in [0.1, 0.15) is 0 Å². The van der Waals surface area contributed by atoms with Crippen molar-refractivity contribution >= 4 is 27.4 Å². The molecule has 3 rings (SSSR count). The maximum atomic E-state index is 9.32. The monoisotopic (exact) mass is 235 g/mol. The zero-order chi connectivity index (χ0) is 12.5. The van der Waals surface area contributed by atoms with E-state index in [1.807, 2.05) is 55.5 Å². The SMILES string of the molecule is CC(=CO)c1c2ccccc2nc2ccccc12. The number of nitrogens with zero attached hydrogens (tertiary/aromatic N) is 1. The van der Waals surface area contributed by atoms with Gasteiger partial charge in [0, 0.05) is 10.8 Å². The van der Waals surface area contributed by atoms with Crippen LogP contribution >= 0.6 is 0 Å². The predicted molar refractivity (Wildman–Crippen MR) is 75.5 cm³/mol. The fourth-order valence-corrected chi connectivity index (χ4v) is 2.33.